The molecule has 0 atom stereocenters. The van der Waals surface area contributed by atoms with Gasteiger partial charge in [-0.2, -0.15) is 0 Å². The fourth-order valence-electron chi connectivity index (χ4n) is 1.94. The SMILES string of the molecule is CC(C)CN(C)c1ccc(CNC2CC2)cn1. The summed E-state index contributed by atoms with van der Waals surface area (Å²) in [6.45, 7) is 6.45. The van der Waals surface area contributed by atoms with Crippen LogP contribution >= 0.6 is 0 Å². The molecule has 0 amide bonds. The first-order valence-corrected chi connectivity index (χ1v) is 6.54. The fraction of sp³-hybridized carbons (Fsp3) is 0.643. The predicted octanol–water partition coefficient (Wildman–Crippen LogP) is 2.43. The van der Waals surface area contributed by atoms with Crippen LogP contribution in [0.5, 0.6) is 0 Å². The summed E-state index contributed by atoms with van der Waals surface area (Å²) in [6.07, 6.45) is 4.66. The summed E-state index contributed by atoms with van der Waals surface area (Å²) < 4.78 is 0. The second-order valence-electron chi connectivity index (χ2n) is 5.45. The topological polar surface area (TPSA) is 28.2 Å². The van der Waals surface area contributed by atoms with E-state index in [1.165, 1.54) is 18.4 Å². The molecule has 3 heteroatoms. The van der Waals surface area contributed by atoms with Crippen LogP contribution in [0.25, 0.3) is 0 Å². The fourth-order valence-corrected chi connectivity index (χ4v) is 1.94. The van der Waals surface area contributed by atoms with Gasteiger partial charge in [0, 0.05) is 32.4 Å². The van der Waals surface area contributed by atoms with Gasteiger partial charge in [-0.25, -0.2) is 4.98 Å². The minimum atomic E-state index is 0.665. The number of aromatic nitrogens is 1. The molecule has 1 aromatic heterocycles. The van der Waals surface area contributed by atoms with E-state index in [2.05, 4.69) is 48.2 Å². The number of anilines is 1. The zero-order valence-electron chi connectivity index (χ0n) is 11.1. The number of rotatable bonds is 6. The van der Waals surface area contributed by atoms with Crippen LogP contribution in [0, 0.1) is 5.92 Å². The molecule has 94 valence electrons. The predicted molar refractivity (Wildman–Crippen MR) is 72.2 cm³/mol. The molecule has 0 bridgehead atoms. The normalized spacial score (nSPS) is 15.3. The first-order valence-electron chi connectivity index (χ1n) is 6.54. The highest BCUT2D eigenvalue weighted by Crippen LogP contribution is 2.19. The molecule has 1 N–H and O–H groups in total. The molecule has 0 aliphatic heterocycles. The zero-order valence-corrected chi connectivity index (χ0v) is 11.1. The molecule has 0 saturated heterocycles. The summed E-state index contributed by atoms with van der Waals surface area (Å²) in [5.41, 5.74) is 1.28. The van der Waals surface area contributed by atoms with Crippen molar-refractivity contribution in [2.45, 2.75) is 39.3 Å². The first kappa shape index (κ1) is 12.4. The van der Waals surface area contributed by atoms with Crippen LogP contribution < -0.4 is 10.2 Å². The summed E-state index contributed by atoms with van der Waals surface area (Å²) in [6, 6.07) is 5.05. The molecular formula is C14H23N3. The molecule has 1 aliphatic rings. The molecule has 1 aliphatic carbocycles. The standard InChI is InChI=1S/C14H23N3/c1-11(2)10-17(3)14-7-4-12(9-16-14)8-15-13-5-6-13/h4,7,9,11,13,15H,5-6,8,10H2,1-3H3. The van der Waals surface area contributed by atoms with Gasteiger partial charge < -0.3 is 10.2 Å². The lowest BCUT2D eigenvalue weighted by Crippen LogP contribution is -2.23. The summed E-state index contributed by atoms with van der Waals surface area (Å²) in [5.74, 6) is 1.73. The van der Waals surface area contributed by atoms with E-state index in [1.54, 1.807) is 0 Å². The van der Waals surface area contributed by atoms with Crippen molar-refractivity contribution in [1.29, 1.82) is 0 Å². The minimum Gasteiger partial charge on any atom is -0.359 e. The maximum atomic E-state index is 4.52. The molecule has 0 aromatic carbocycles. The van der Waals surface area contributed by atoms with Crippen molar-refractivity contribution < 1.29 is 0 Å². The van der Waals surface area contributed by atoms with Crippen molar-refractivity contribution in [3.63, 3.8) is 0 Å². The molecule has 17 heavy (non-hydrogen) atoms. The Labute approximate surface area is 104 Å². The van der Waals surface area contributed by atoms with Gasteiger partial charge in [0.05, 0.1) is 0 Å². The summed E-state index contributed by atoms with van der Waals surface area (Å²) >= 11 is 0. The Morgan fingerprint density at radius 3 is 2.71 bits per heavy atom. The van der Waals surface area contributed by atoms with Crippen molar-refractivity contribution in [2.24, 2.45) is 5.92 Å². The first-order chi connectivity index (χ1) is 8.15. The highest BCUT2D eigenvalue weighted by atomic mass is 15.2. The number of hydrogen-bond acceptors (Lipinski definition) is 3. The molecule has 0 unspecified atom stereocenters. The lowest BCUT2D eigenvalue weighted by atomic mass is 10.2. The van der Waals surface area contributed by atoms with Gasteiger partial charge >= 0.3 is 0 Å². The van der Waals surface area contributed by atoms with Crippen molar-refractivity contribution in [3.8, 4) is 0 Å². The number of pyridine rings is 1. The Morgan fingerprint density at radius 1 is 1.41 bits per heavy atom. The maximum absolute atomic E-state index is 4.52. The lowest BCUT2D eigenvalue weighted by Gasteiger charge is -2.20. The Morgan fingerprint density at radius 2 is 2.18 bits per heavy atom. The van der Waals surface area contributed by atoms with Crippen LogP contribution in [0.2, 0.25) is 0 Å². The largest absolute Gasteiger partial charge is 0.359 e. The molecular weight excluding hydrogens is 210 g/mol. The monoisotopic (exact) mass is 233 g/mol. The van der Waals surface area contributed by atoms with Gasteiger partial charge in [-0.15, -0.1) is 0 Å². The van der Waals surface area contributed by atoms with Crippen molar-refractivity contribution in [1.82, 2.24) is 10.3 Å². The zero-order chi connectivity index (χ0) is 12.3. The van der Waals surface area contributed by atoms with Gasteiger partial charge in [-0.3, -0.25) is 0 Å². The third kappa shape index (κ3) is 4.00. The highest BCUT2D eigenvalue weighted by Gasteiger charge is 2.19. The third-order valence-electron chi connectivity index (χ3n) is 3.01. The molecule has 1 heterocycles. The third-order valence-corrected chi connectivity index (χ3v) is 3.01. The lowest BCUT2D eigenvalue weighted by molar-refractivity contribution is 0.634. The Hall–Kier alpha value is -1.09. The number of nitrogens with one attached hydrogen (secondary N) is 1. The summed E-state index contributed by atoms with van der Waals surface area (Å²) in [5, 5.41) is 3.50. The molecule has 0 spiro atoms. The average molecular weight is 233 g/mol. The quantitative estimate of drug-likeness (QED) is 0.818. The van der Waals surface area contributed by atoms with Gasteiger partial charge in [-0.05, 0) is 30.4 Å². The smallest absolute Gasteiger partial charge is 0.128 e. The Balaban J connectivity index is 1.87. The number of nitrogens with zero attached hydrogens (tertiary/aromatic N) is 2. The van der Waals surface area contributed by atoms with E-state index in [4.69, 9.17) is 0 Å². The van der Waals surface area contributed by atoms with Gasteiger partial charge in [0.2, 0.25) is 0 Å². The van der Waals surface area contributed by atoms with Crippen LogP contribution in [0.15, 0.2) is 18.3 Å². The van der Waals surface area contributed by atoms with E-state index < -0.39 is 0 Å². The number of hydrogen-bond donors (Lipinski definition) is 1. The van der Waals surface area contributed by atoms with Crippen LogP contribution in [0.3, 0.4) is 0 Å². The Bertz CT molecular complexity index is 341. The second kappa shape index (κ2) is 5.50. The molecule has 2 rings (SSSR count). The van der Waals surface area contributed by atoms with Gasteiger partial charge in [0.15, 0.2) is 0 Å². The van der Waals surface area contributed by atoms with E-state index >= 15 is 0 Å². The molecule has 1 saturated carbocycles. The van der Waals surface area contributed by atoms with Crippen molar-refractivity contribution in [2.75, 3.05) is 18.5 Å². The Kier molecular flexibility index (Phi) is 4.00. The second-order valence-corrected chi connectivity index (χ2v) is 5.45. The van der Waals surface area contributed by atoms with Gasteiger partial charge in [0.1, 0.15) is 5.82 Å². The van der Waals surface area contributed by atoms with Gasteiger partial charge in [-0.1, -0.05) is 19.9 Å². The highest BCUT2D eigenvalue weighted by molar-refractivity contribution is 5.38. The molecule has 1 fully saturated rings. The van der Waals surface area contributed by atoms with Crippen LogP contribution in [-0.2, 0) is 6.54 Å². The summed E-state index contributed by atoms with van der Waals surface area (Å²) in [7, 11) is 2.10. The van der Waals surface area contributed by atoms with E-state index in [1.807, 2.05) is 6.20 Å². The summed E-state index contributed by atoms with van der Waals surface area (Å²) in [4.78, 5) is 6.73. The van der Waals surface area contributed by atoms with E-state index in [-0.39, 0.29) is 0 Å². The average Bonchev–Trinajstić information content (AvgIpc) is 3.10. The van der Waals surface area contributed by atoms with Crippen LogP contribution in [-0.4, -0.2) is 24.6 Å². The van der Waals surface area contributed by atoms with Crippen molar-refractivity contribution >= 4 is 5.82 Å². The van der Waals surface area contributed by atoms with E-state index in [9.17, 15) is 0 Å². The molecule has 0 radical (unpaired) electrons. The van der Waals surface area contributed by atoms with Crippen LogP contribution in [0.1, 0.15) is 32.3 Å². The van der Waals surface area contributed by atoms with Crippen molar-refractivity contribution in [3.05, 3.63) is 23.9 Å². The molecule has 1 aromatic rings. The van der Waals surface area contributed by atoms with E-state index in [0.29, 0.717) is 5.92 Å². The maximum Gasteiger partial charge on any atom is 0.128 e. The van der Waals surface area contributed by atoms with E-state index in [0.717, 1.165) is 24.9 Å². The van der Waals surface area contributed by atoms with Gasteiger partial charge in [0.25, 0.3) is 0 Å². The van der Waals surface area contributed by atoms with Crippen LogP contribution in [0.4, 0.5) is 5.82 Å². The molecule has 3 nitrogen and oxygen atoms in total. The minimum absolute atomic E-state index is 0.665.